The van der Waals surface area contributed by atoms with E-state index in [4.69, 9.17) is 9.97 Å². The monoisotopic (exact) mass is 311 g/mol. The van der Waals surface area contributed by atoms with E-state index in [9.17, 15) is 0 Å². The summed E-state index contributed by atoms with van der Waals surface area (Å²) in [5.41, 5.74) is 5.59. The smallest absolute Gasteiger partial charge is 0.189 e. The fourth-order valence-corrected chi connectivity index (χ4v) is 4.02. The van der Waals surface area contributed by atoms with Gasteiger partial charge in [-0.2, -0.15) is 0 Å². The molecule has 0 atom stereocenters. The summed E-state index contributed by atoms with van der Waals surface area (Å²) in [4.78, 5) is 9.49. The SMILES string of the molecule is CSc1nc2c(c(NC3Cc4ccccc4C3)n1)CCCC2. The van der Waals surface area contributed by atoms with Gasteiger partial charge in [0.1, 0.15) is 5.82 Å². The molecular formula is C18H21N3S. The van der Waals surface area contributed by atoms with Crippen molar-refractivity contribution in [3.63, 3.8) is 0 Å². The van der Waals surface area contributed by atoms with Gasteiger partial charge >= 0.3 is 0 Å². The van der Waals surface area contributed by atoms with E-state index in [1.807, 2.05) is 0 Å². The van der Waals surface area contributed by atoms with Crippen LogP contribution < -0.4 is 5.32 Å². The minimum absolute atomic E-state index is 0.466. The molecule has 0 radical (unpaired) electrons. The van der Waals surface area contributed by atoms with Crippen molar-refractivity contribution in [2.75, 3.05) is 11.6 Å². The molecule has 22 heavy (non-hydrogen) atoms. The molecule has 2 aromatic rings. The molecule has 1 N–H and O–H groups in total. The Morgan fingerprint density at radius 1 is 1.05 bits per heavy atom. The second kappa shape index (κ2) is 5.92. The number of rotatable bonds is 3. The Morgan fingerprint density at radius 2 is 1.77 bits per heavy atom. The lowest BCUT2D eigenvalue weighted by Crippen LogP contribution is -2.23. The van der Waals surface area contributed by atoms with Crippen LogP contribution in [0.2, 0.25) is 0 Å². The lowest BCUT2D eigenvalue weighted by atomic mass is 9.96. The minimum atomic E-state index is 0.466. The van der Waals surface area contributed by atoms with Crippen LogP contribution in [-0.2, 0) is 25.7 Å². The summed E-state index contributed by atoms with van der Waals surface area (Å²) in [5.74, 6) is 1.09. The molecule has 1 aromatic heterocycles. The summed E-state index contributed by atoms with van der Waals surface area (Å²) >= 11 is 1.64. The van der Waals surface area contributed by atoms with Crippen molar-refractivity contribution < 1.29 is 0 Å². The van der Waals surface area contributed by atoms with E-state index < -0.39 is 0 Å². The van der Waals surface area contributed by atoms with Crippen LogP contribution in [0.5, 0.6) is 0 Å². The highest BCUT2D eigenvalue weighted by atomic mass is 32.2. The van der Waals surface area contributed by atoms with Gasteiger partial charge in [-0.15, -0.1) is 0 Å². The average molecular weight is 311 g/mol. The summed E-state index contributed by atoms with van der Waals surface area (Å²) in [5, 5.41) is 4.63. The Labute approximate surface area is 136 Å². The molecule has 114 valence electrons. The molecule has 1 aromatic carbocycles. The van der Waals surface area contributed by atoms with Crippen molar-refractivity contribution in [3.8, 4) is 0 Å². The number of thioether (sulfide) groups is 1. The Morgan fingerprint density at radius 3 is 2.50 bits per heavy atom. The van der Waals surface area contributed by atoms with Crippen molar-refractivity contribution >= 4 is 17.6 Å². The maximum absolute atomic E-state index is 4.77. The molecule has 0 bridgehead atoms. The van der Waals surface area contributed by atoms with Gasteiger partial charge in [-0.25, -0.2) is 9.97 Å². The molecule has 0 saturated heterocycles. The van der Waals surface area contributed by atoms with Crippen LogP contribution >= 0.6 is 11.8 Å². The zero-order valence-electron chi connectivity index (χ0n) is 12.9. The number of nitrogens with one attached hydrogen (secondary N) is 1. The van der Waals surface area contributed by atoms with Crippen LogP contribution in [0, 0.1) is 0 Å². The first-order valence-electron chi connectivity index (χ1n) is 8.10. The highest BCUT2D eigenvalue weighted by Gasteiger charge is 2.24. The summed E-state index contributed by atoms with van der Waals surface area (Å²) in [6, 6.07) is 9.24. The van der Waals surface area contributed by atoms with Gasteiger partial charge in [-0.1, -0.05) is 36.0 Å². The molecular weight excluding hydrogens is 290 g/mol. The lowest BCUT2D eigenvalue weighted by molar-refractivity contribution is 0.646. The fraction of sp³-hybridized carbons (Fsp3) is 0.444. The standard InChI is InChI=1S/C18H21N3S/c1-22-18-20-16-9-5-4-8-15(16)17(21-18)19-14-10-12-6-2-3-7-13(12)11-14/h2-3,6-7,14H,4-5,8-11H2,1H3,(H,19,20,21). The van der Waals surface area contributed by atoms with Gasteiger partial charge in [0.15, 0.2) is 5.16 Å². The van der Waals surface area contributed by atoms with Gasteiger partial charge in [-0.3, -0.25) is 0 Å². The Hall–Kier alpha value is -1.55. The predicted octanol–water partition coefficient (Wildman–Crippen LogP) is 3.66. The summed E-state index contributed by atoms with van der Waals surface area (Å²) in [6.45, 7) is 0. The molecule has 0 aliphatic heterocycles. The van der Waals surface area contributed by atoms with Gasteiger partial charge in [0.2, 0.25) is 0 Å². The van der Waals surface area contributed by atoms with E-state index in [0.29, 0.717) is 6.04 Å². The summed E-state index contributed by atoms with van der Waals surface area (Å²) in [6.07, 6.45) is 8.99. The fourth-order valence-electron chi connectivity index (χ4n) is 3.64. The highest BCUT2D eigenvalue weighted by Crippen LogP contribution is 2.30. The Bertz CT molecular complexity index is 674. The van der Waals surface area contributed by atoms with Crippen molar-refractivity contribution in [3.05, 3.63) is 46.6 Å². The zero-order chi connectivity index (χ0) is 14.9. The number of aromatic nitrogens is 2. The van der Waals surface area contributed by atoms with Crippen molar-refractivity contribution in [2.24, 2.45) is 0 Å². The first-order chi connectivity index (χ1) is 10.8. The molecule has 0 unspecified atom stereocenters. The number of anilines is 1. The van der Waals surface area contributed by atoms with Crippen LogP contribution in [0.1, 0.15) is 35.2 Å². The second-order valence-corrected chi connectivity index (χ2v) is 6.98. The third kappa shape index (κ3) is 2.60. The molecule has 4 rings (SSSR count). The van der Waals surface area contributed by atoms with Crippen LogP contribution in [0.4, 0.5) is 5.82 Å². The van der Waals surface area contributed by atoms with Gasteiger partial charge in [-0.05, 0) is 55.9 Å². The Kier molecular flexibility index (Phi) is 3.78. The third-order valence-electron chi connectivity index (χ3n) is 4.74. The van der Waals surface area contributed by atoms with Crippen LogP contribution in [-0.4, -0.2) is 22.3 Å². The highest BCUT2D eigenvalue weighted by molar-refractivity contribution is 7.98. The minimum Gasteiger partial charge on any atom is -0.366 e. The molecule has 4 heteroatoms. The van der Waals surface area contributed by atoms with Crippen molar-refractivity contribution in [2.45, 2.75) is 49.7 Å². The quantitative estimate of drug-likeness (QED) is 0.693. The van der Waals surface area contributed by atoms with Crippen molar-refractivity contribution in [1.82, 2.24) is 9.97 Å². The molecule has 2 aliphatic rings. The number of fused-ring (bicyclic) bond motifs is 2. The van der Waals surface area contributed by atoms with E-state index in [0.717, 1.165) is 36.7 Å². The first-order valence-corrected chi connectivity index (χ1v) is 9.33. The normalized spacial score (nSPS) is 17.1. The maximum atomic E-state index is 4.77. The van der Waals surface area contributed by atoms with Gasteiger partial charge in [0.25, 0.3) is 0 Å². The third-order valence-corrected chi connectivity index (χ3v) is 5.28. The van der Waals surface area contributed by atoms with Crippen LogP contribution in [0.3, 0.4) is 0 Å². The number of aryl methyl sites for hydroxylation is 1. The molecule has 3 nitrogen and oxygen atoms in total. The van der Waals surface area contributed by atoms with Gasteiger partial charge < -0.3 is 5.32 Å². The van der Waals surface area contributed by atoms with E-state index in [-0.39, 0.29) is 0 Å². The summed E-state index contributed by atoms with van der Waals surface area (Å²) in [7, 11) is 0. The first kappa shape index (κ1) is 14.1. The molecule has 0 saturated carbocycles. The van der Waals surface area contributed by atoms with Crippen LogP contribution in [0.15, 0.2) is 29.4 Å². The van der Waals surface area contributed by atoms with E-state index >= 15 is 0 Å². The maximum Gasteiger partial charge on any atom is 0.189 e. The topological polar surface area (TPSA) is 37.8 Å². The molecule has 0 spiro atoms. The molecule has 0 fully saturated rings. The number of benzene rings is 1. The van der Waals surface area contributed by atoms with Crippen LogP contribution in [0.25, 0.3) is 0 Å². The predicted molar refractivity (Wildman–Crippen MR) is 91.7 cm³/mol. The average Bonchev–Trinajstić information content (AvgIpc) is 2.97. The largest absolute Gasteiger partial charge is 0.366 e. The van der Waals surface area contributed by atoms with E-state index in [2.05, 4.69) is 35.8 Å². The van der Waals surface area contributed by atoms with Gasteiger partial charge in [0.05, 0.1) is 5.69 Å². The number of nitrogens with zero attached hydrogens (tertiary/aromatic N) is 2. The molecule has 1 heterocycles. The molecule has 0 amide bonds. The van der Waals surface area contributed by atoms with E-state index in [1.54, 1.807) is 11.8 Å². The lowest BCUT2D eigenvalue weighted by Gasteiger charge is -2.21. The molecule has 2 aliphatic carbocycles. The second-order valence-electron chi connectivity index (χ2n) is 6.21. The number of hydrogen-bond acceptors (Lipinski definition) is 4. The number of hydrogen-bond donors (Lipinski definition) is 1. The Balaban J connectivity index is 1.61. The van der Waals surface area contributed by atoms with Crippen molar-refractivity contribution in [1.29, 1.82) is 0 Å². The summed E-state index contributed by atoms with van der Waals surface area (Å²) < 4.78 is 0. The van der Waals surface area contributed by atoms with Gasteiger partial charge in [0, 0.05) is 11.6 Å². The zero-order valence-corrected chi connectivity index (χ0v) is 13.7. The van der Waals surface area contributed by atoms with E-state index in [1.165, 1.54) is 35.2 Å².